The molecule has 0 saturated heterocycles. The van der Waals surface area contributed by atoms with E-state index in [0.717, 1.165) is 63.7 Å². The van der Waals surface area contributed by atoms with E-state index in [2.05, 4.69) is 27.7 Å². The van der Waals surface area contributed by atoms with Crippen LogP contribution in [0.25, 0.3) is 0 Å². The fraction of sp³-hybridized carbons (Fsp3) is 0.950. The maximum absolute atomic E-state index is 12.9. The van der Waals surface area contributed by atoms with Crippen molar-refractivity contribution in [1.29, 1.82) is 0 Å². The Morgan fingerprint density at radius 2 is 0.530 bits per heavy atom. The van der Waals surface area contributed by atoms with Crippen molar-refractivity contribution in [3.8, 4) is 0 Å². The summed E-state index contributed by atoms with van der Waals surface area (Å²) < 4.78 is 16.9. The molecular weight excluding hydrogens is 817 g/mol. The molecule has 0 amide bonds. The first kappa shape index (κ1) is 64.4. The van der Waals surface area contributed by atoms with Gasteiger partial charge in [-0.3, -0.25) is 14.4 Å². The second-order valence-corrected chi connectivity index (χ2v) is 20.9. The van der Waals surface area contributed by atoms with E-state index < -0.39 is 6.10 Å². The van der Waals surface area contributed by atoms with Gasteiger partial charge in [-0.2, -0.15) is 0 Å². The van der Waals surface area contributed by atoms with Crippen LogP contribution in [0.4, 0.5) is 0 Å². The number of carbonyl (C=O) groups is 3. The van der Waals surface area contributed by atoms with Crippen molar-refractivity contribution < 1.29 is 28.6 Å². The monoisotopic (exact) mass is 933 g/mol. The van der Waals surface area contributed by atoms with Crippen LogP contribution in [0.15, 0.2) is 0 Å². The van der Waals surface area contributed by atoms with E-state index in [1.165, 1.54) is 238 Å². The van der Waals surface area contributed by atoms with E-state index in [-0.39, 0.29) is 31.1 Å². The molecule has 0 rings (SSSR count). The van der Waals surface area contributed by atoms with Crippen LogP contribution in [-0.2, 0) is 28.6 Å². The van der Waals surface area contributed by atoms with Crippen molar-refractivity contribution >= 4 is 17.9 Å². The summed E-state index contributed by atoms with van der Waals surface area (Å²) in [6, 6.07) is 0. The van der Waals surface area contributed by atoms with Gasteiger partial charge in [0.05, 0.1) is 0 Å². The normalized spacial score (nSPS) is 12.4. The van der Waals surface area contributed by atoms with E-state index in [0.29, 0.717) is 19.3 Å². The molecule has 392 valence electrons. The molecule has 6 nitrogen and oxygen atoms in total. The first-order chi connectivity index (χ1) is 32.4. The van der Waals surface area contributed by atoms with Gasteiger partial charge in [0.25, 0.3) is 0 Å². The average Bonchev–Trinajstić information content (AvgIpc) is 3.32. The molecule has 0 aromatic rings. The molecule has 0 bridgehead atoms. The number of hydrogen-bond donors (Lipinski definition) is 0. The molecule has 0 radical (unpaired) electrons. The standard InChI is InChI=1S/C60H116O6/c1-5-8-10-12-14-16-18-20-21-22-23-29-33-37-41-45-49-53-60(63)66-57(54-64-58(61)51-47-43-39-35-31-26-19-17-15-13-11-9-6-2)55-65-59(62)52-48-44-40-36-32-28-25-24-27-30-34-38-42-46-50-56(4)7-3/h56-57H,5-55H2,1-4H3/t56?,57-/m1/s1. The number of ether oxygens (including phenoxy) is 3. The molecule has 0 saturated carbocycles. The quantitative estimate of drug-likeness (QED) is 0.0343. The minimum Gasteiger partial charge on any atom is -0.462 e. The Morgan fingerprint density at radius 1 is 0.303 bits per heavy atom. The van der Waals surface area contributed by atoms with Crippen molar-refractivity contribution in [2.75, 3.05) is 13.2 Å². The van der Waals surface area contributed by atoms with E-state index >= 15 is 0 Å². The van der Waals surface area contributed by atoms with Gasteiger partial charge in [0.2, 0.25) is 0 Å². The number of rotatable bonds is 55. The van der Waals surface area contributed by atoms with Crippen molar-refractivity contribution in [1.82, 2.24) is 0 Å². The zero-order chi connectivity index (χ0) is 48.1. The summed E-state index contributed by atoms with van der Waals surface area (Å²) in [6.45, 7) is 9.11. The lowest BCUT2D eigenvalue weighted by atomic mass is 9.99. The molecular formula is C60H116O6. The Hall–Kier alpha value is -1.59. The summed E-state index contributed by atoms with van der Waals surface area (Å²) >= 11 is 0. The molecule has 0 heterocycles. The number of esters is 3. The minimum atomic E-state index is -0.762. The Bertz CT molecular complexity index is 998. The molecule has 0 aliphatic heterocycles. The fourth-order valence-corrected chi connectivity index (χ4v) is 9.25. The van der Waals surface area contributed by atoms with Gasteiger partial charge in [-0.1, -0.05) is 304 Å². The van der Waals surface area contributed by atoms with Crippen LogP contribution in [0, 0.1) is 5.92 Å². The van der Waals surface area contributed by atoms with Gasteiger partial charge in [-0.25, -0.2) is 0 Å². The second kappa shape index (κ2) is 54.4. The van der Waals surface area contributed by atoms with Crippen molar-refractivity contribution in [2.45, 2.75) is 348 Å². The first-order valence-corrected chi connectivity index (χ1v) is 29.9. The molecule has 0 aliphatic rings. The Kier molecular flexibility index (Phi) is 53.0. The second-order valence-electron chi connectivity index (χ2n) is 20.9. The highest BCUT2D eigenvalue weighted by atomic mass is 16.6. The van der Waals surface area contributed by atoms with E-state index in [1.54, 1.807) is 0 Å². The van der Waals surface area contributed by atoms with Gasteiger partial charge in [0, 0.05) is 19.3 Å². The van der Waals surface area contributed by atoms with Crippen LogP contribution in [0.5, 0.6) is 0 Å². The molecule has 0 N–H and O–H groups in total. The highest BCUT2D eigenvalue weighted by Crippen LogP contribution is 2.19. The molecule has 0 spiro atoms. The molecule has 66 heavy (non-hydrogen) atoms. The molecule has 2 atom stereocenters. The highest BCUT2D eigenvalue weighted by molar-refractivity contribution is 5.71. The maximum atomic E-state index is 12.9. The molecule has 0 fully saturated rings. The lowest BCUT2D eigenvalue weighted by Gasteiger charge is -2.18. The van der Waals surface area contributed by atoms with Crippen LogP contribution in [0.3, 0.4) is 0 Å². The van der Waals surface area contributed by atoms with Crippen molar-refractivity contribution in [3.05, 3.63) is 0 Å². The molecule has 6 heteroatoms. The number of unbranched alkanes of at least 4 members (excludes halogenated alkanes) is 41. The summed E-state index contributed by atoms with van der Waals surface area (Å²) in [4.78, 5) is 38.2. The summed E-state index contributed by atoms with van der Waals surface area (Å²) in [6.07, 6.45) is 59.4. The molecule has 0 aromatic carbocycles. The maximum Gasteiger partial charge on any atom is 0.306 e. The van der Waals surface area contributed by atoms with Crippen molar-refractivity contribution in [3.63, 3.8) is 0 Å². The summed E-state index contributed by atoms with van der Waals surface area (Å²) in [5.74, 6) is 0.0632. The average molecular weight is 934 g/mol. The van der Waals surface area contributed by atoms with Crippen LogP contribution in [-0.4, -0.2) is 37.2 Å². The van der Waals surface area contributed by atoms with Gasteiger partial charge in [-0.15, -0.1) is 0 Å². The van der Waals surface area contributed by atoms with Gasteiger partial charge in [0.1, 0.15) is 13.2 Å². The highest BCUT2D eigenvalue weighted by Gasteiger charge is 2.19. The van der Waals surface area contributed by atoms with Crippen LogP contribution < -0.4 is 0 Å². The summed E-state index contributed by atoms with van der Waals surface area (Å²) in [5.41, 5.74) is 0. The molecule has 1 unspecified atom stereocenters. The van der Waals surface area contributed by atoms with Gasteiger partial charge >= 0.3 is 17.9 Å². The summed E-state index contributed by atoms with van der Waals surface area (Å²) in [5, 5.41) is 0. The van der Waals surface area contributed by atoms with E-state index in [4.69, 9.17) is 14.2 Å². The third-order valence-electron chi connectivity index (χ3n) is 14.2. The zero-order valence-corrected chi connectivity index (χ0v) is 45.2. The summed E-state index contributed by atoms with van der Waals surface area (Å²) in [7, 11) is 0. The largest absolute Gasteiger partial charge is 0.462 e. The third-order valence-corrected chi connectivity index (χ3v) is 14.2. The first-order valence-electron chi connectivity index (χ1n) is 29.9. The van der Waals surface area contributed by atoms with E-state index in [1.807, 2.05) is 0 Å². The lowest BCUT2D eigenvalue weighted by molar-refractivity contribution is -0.167. The Labute approximate surface area is 412 Å². The zero-order valence-electron chi connectivity index (χ0n) is 45.2. The lowest BCUT2D eigenvalue weighted by Crippen LogP contribution is -2.30. The van der Waals surface area contributed by atoms with Crippen molar-refractivity contribution in [2.24, 2.45) is 5.92 Å². The Balaban J connectivity index is 4.28. The predicted molar refractivity (Wildman–Crippen MR) is 284 cm³/mol. The van der Waals surface area contributed by atoms with Gasteiger partial charge < -0.3 is 14.2 Å². The number of carbonyl (C=O) groups excluding carboxylic acids is 3. The predicted octanol–water partition coefficient (Wildman–Crippen LogP) is 19.8. The SMILES string of the molecule is CCCCCCCCCCCCCCCCCCCC(=O)O[C@H](COC(=O)CCCCCCCCCCCCCCC)COC(=O)CCCCCCCCCCCCCCCCC(C)CC. The number of hydrogen-bond acceptors (Lipinski definition) is 6. The topological polar surface area (TPSA) is 78.9 Å². The smallest absolute Gasteiger partial charge is 0.306 e. The molecule has 0 aromatic heterocycles. The fourth-order valence-electron chi connectivity index (χ4n) is 9.25. The van der Waals surface area contributed by atoms with Crippen LogP contribution >= 0.6 is 0 Å². The van der Waals surface area contributed by atoms with E-state index in [9.17, 15) is 14.4 Å². The van der Waals surface area contributed by atoms with Gasteiger partial charge in [-0.05, 0) is 25.2 Å². The third kappa shape index (κ3) is 51.8. The Morgan fingerprint density at radius 3 is 0.788 bits per heavy atom. The van der Waals surface area contributed by atoms with Crippen LogP contribution in [0.1, 0.15) is 342 Å². The van der Waals surface area contributed by atoms with Crippen LogP contribution in [0.2, 0.25) is 0 Å². The minimum absolute atomic E-state index is 0.0616. The van der Waals surface area contributed by atoms with Gasteiger partial charge in [0.15, 0.2) is 6.10 Å². The molecule has 0 aliphatic carbocycles.